The quantitative estimate of drug-likeness (QED) is 0.788. The summed E-state index contributed by atoms with van der Waals surface area (Å²) in [5.41, 5.74) is 2.11. The third-order valence-electron chi connectivity index (χ3n) is 6.12. The second-order valence-corrected chi connectivity index (χ2v) is 8.00. The lowest BCUT2D eigenvalue weighted by Gasteiger charge is -2.46. The highest BCUT2D eigenvalue weighted by atomic mass is 16.5. The number of carbonyl (C=O) groups is 2. The third-order valence-corrected chi connectivity index (χ3v) is 6.12. The lowest BCUT2D eigenvalue weighted by Crippen LogP contribution is -2.51. The maximum atomic E-state index is 12.9. The van der Waals surface area contributed by atoms with E-state index < -0.39 is 0 Å². The molecule has 5 heteroatoms. The predicted octanol–water partition coefficient (Wildman–Crippen LogP) is 2.48. The summed E-state index contributed by atoms with van der Waals surface area (Å²) >= 11 is 0. The standard InChI is InChI=1S/C20H26N2O3/c1-14-11-16-12-15(3-4-17(16)25-14)19(24)22-9-7-20(8-10-22)6-5-18(23)21(2)13-20/h3-4,12,14H,5-11,13H2,1-2H3/t14-/m0/s1. The van der Waals surface area contributed by atoms with Crippen LogP contribution in [0.15, 0.2) is 18.2 Å². The molecule has 2 fully saturated rings. The maximum Gasteiger partial charge on any atom is 0.253 e. The summed E-state index contributed by atoms with van der Waals surface area (Å²) in [5.74, 6) is 1.28. The molecular formula is C20H26N2O3. The molecule has 0 aromatic heterocycles. The summed E-state index contributed by atoms with van der Waals surface area (Å²) in [4.78, 5) is 28.5. The van der Waals surface area contributed by atoms with Gasteiger partial charge in [-0.3, -0.25) is 9.59 Å². The molecule has 1 aromatic rings. The molecule has 0 unspecified atom stereocenters. The Bertz CT molecular complexity index is 707. The van der Waals surface area contributed by atoms with E-state index in [1.54, 1.807) is 0 Å². The minimum absolute atomic E-state index is 0.123. The van der Waals surface area contributed by atoms with Gasteiger partial charge in [0.25, 0.3) is 5.91 Å². The molecule has 25 heavy (non-hydrogen) atoms. The first-order chi connectivity index (χ1) is 12.0. The van der Waals surface area contributed by atoms with Gasteiger partial charge in [-0.1, -0.05) is 0 Å². The Kier molecular flexibility index (Phi) is 3.97. The fourth-order valence-electron chi connectivity index (χ4n) is 4.56. The Hall–Kier alpha value is -2.04. The normalized spacial score (nSPS) is 25.0. The van der Waals surface area contributed by atoms with Crippen LogP contribution in [0.4, 0.5) is 0 Å². The van der Waals surface area contributed by atoms with Crippen molar-refractivity contribution in [3.63, 3.8) is 0 Å². The van der Waals surface area contributed by atoms with Gasteiger partial charge in [-0.05, 0) is 55.4 Å². The molecular weight excluding hydrogens is 316 g/mol. The van der Waals surface area contributed by atoms with Crippen molar-refractivity contribution in [3.05, 3.63) is 29.3 Å². The number of hydrogen-bond donors (Lipinski definition) is 0. The van der Waals surface area contributed by atoms with Crippen LogP contribution >= 0.6 is 0 Å². The summed E-state index contributed by atoms with van der Waals surface area (Å²) in [5, 5.41) is 0. The van der Waals surface area contributed by atoms with Gasteiger partial charge >= 0.3 is 0 Å². The Balaban J connectivity index is 1.42. The van der Waals surface area contributed by atoms with E-state index in [0.717, 1.165) is 62.2 Å². The predicted molar refractivity (Wildman–Crippen MR) is 94.7 cm³/mol. The van der Waals surface area contributed by atoms with Gasteiger partial charge in [-0.25, -0.2) is 0 Å². The third kappa shape index (κ3) is 3.00. The number of hydrogen-bond acceptors (Lipinski definition) is 3. The summed E-state index contributed by atoms with van der Waals surface area (Å²) in [6.07, 6.45) is 4.66. The van der Waals surface area contributed by atoms with Crippen LogP contribution in [0.1, 0.15) is 48.5 Å². The van der Waals surface area contributed by atoms with Gasteiger partial charge in [0.15, 0.2) is 0 Å². The number of piperidine rings is 2. The summed E-state index contributed by atoms with van der Waals surface area (Å²) in [7, 11) is 1.90. The van der Waals surface area contributed by atoms with Crippen LogP contribution in [0.3, 0.4) is 0 Å². The second kappa shape index (κ2) is 6.04. The number of nitrogens with zero attached hydrogens (tertiary/aromatic N) is 2. The molecule has 4 rings (SSSR count). The summed E-state index contributed by atoms with van der Waals surface area (Å²) < 4.78 is 5.72. The van der Waals surface area contributed by atoms with E-state index in [1.165, 1.54) is 0 Å². The summed E-state index contributed by atoms with van der Waals surface area (Å²) in [6, 6.07) is 5.81. The fourth-order valence-corrected chi connectivity index (χ4v) is 4.56. The van der Waals surface area contributed by atoms with Crippen LogP contribution in [-0.4, -0.2) is 54.4 Å². The van der Waals surface area contributed by atoms with Gasteiger partial charge in [0.2, 0.25) is 5.91 Å². The molecule has 0 aliphatic carbocycles. The van der Waals surface area contributed by atoms with Crippen LogP contribution in [-0.2, 0) is 11.2 Å². The number of fused-ring (bicyclic) bond motifs is 1. The van der Waals surface area contributed by atoms with Crippen molar-refractivity contribution in [1.82, 2.24) is 9.80 Å². The smallest absolute Gasteiger partial charge is 0.253 e. The molecule has 3 heterocycles. The Morgan fingerprint density at radius 1 is 1.24 bits per heavy atom. The van der Waals surface area contributed by atoms with Gasteiger partial charge in [-0.15, -0.1) is 0 Å². The highest BCUT2D eigenvalue weighted by molar-refractivity contribution is 5.94. The number of benzene rings is 1. The monoisotopic (exact) mass is 342 g/mol. The van der Waals surface area contributed by atoms with Crippen molar-refractivity contribution < 1.29 is 14.3 Å². The average Bonchev–Trinajstić information content (AvgIpc) is 2.98. The van der Waals surface area contributed by atoms with Crippen molar-refractivity contribution in [1.29, 1.82) is 0 Å². The van der Waals surface area contributed by atoms with Crippen LogP contribution in [0, 0.1) is 5.41 Å². The summed E-state index contributed by atoms with van der Waals surface area (Å²) in [6.45, 7) is 4.45. The zero-order valence-corrected chi connectivity index (χ0v) is 15.1. The molecule has 0 bridgehead atoms. The van der Waals surface area contributed by atoms with Crippen molar-refractivity contribution in [2.24, 2.45) is 5.41 Å². The average molecular weight is 342 g/mol. The molecule has 3 aliphatic rings. The highest BCUT2D eigenvalue weighted by Gasteiger charge is 2.40. The lowest BCUT2D eigenvalue weighted by molar-refractivity contribution is -0.137. The molecule has 1 atom stereocenters. The van der Waals surface area contributed by atoms with E-state index in [9.17, 15) is 9.59 Å². The zero-order valence-electron chi connectivity index (χ0n) is 15.1. The molecule has 0 radical (unpaired) electrons. The van der Waals surface area contributed by atoms with Gasteiger partial charge in [0.1, 0.15) is 11.9 Å². The SMILES string of the molecule is C[C@H]1Cc2cc(C(=O)N3CCC4(CCC(=O)N(C)C4)CC3)ccc2O1. The van der Waals surface area contributed by atoms with Crippen LogP contribution in [0.25, 0.3) is 0 Å². The molecule has 5 nitrogen and oxygen atoms in total. The largest absolute Gasteiger partial charge is 0.490 e. The molecule has 3 aliphatic heterocycles. The zero-order chi connectivity index (χ0) is 17.6. The number of ether oxygens (including phenoxy) is 1. The Morgan fingerprint density at radius 2 is 2.00 bits per heavy atom. The fraction of sp³-hybridized carbons (Fsp3) is 0.600. The van der Waals surface area contributed by atoms with Gasteiger partial charge in [0.05, 0.1) is 0 Å². The van der Waals surface area contributed by atoms with Crippen molar-refractivity contribution in [2.45, 2.75) is 45.1 Å². The van der Waals surface area contributed by atoms with E-state index in [2.05, 4.69) is 6.92 Å². The molecule has 1 spiro atoms. The topological polar surface area (TPSA) is 49.9 Å². The maximum absolute atomic E-state index is 12.9. The molecule has 1 aromatic carbocycles. The number of likely N-dealkylation sites (tertiary alicyclic amines) is 2. The van der Waals surface area contributed by atoms with Gasteiger partial charge in [0, 0.05) is 45.1 Å². The van der Waals surface area contributed by atoms with E-state index in [-0.39, 0.29) is 23.3 Å². The van der Waals surface area contributed by atoms with Crippen molar-refractivity contribution >= 4 is 11.8 Å². The first kappa shape index (κ1) is 16.4. The molecule has 0 saturated carbocycles. The van der Waals surface area contributed by atoms with Crippen molar-refractivity contribution in [3.8, 4) is 5.75 Å². The second-order valence-electron chi connectivity index (χ2n) is 8.00. The lowest BCUT2D eigenvalue weighted by atomic mass is 9.72. The number of rotatable bonds is 1. The number of carbonyl (C=O) groups excluding carboxylic acids is 2. The molecule has 2 saturated heterocycles. The Morgan fingerprint density at radius 3 is 2.72 bits per heavy atom. The van der Waals surface area contributed by atoms with E-state index >= 15 is 0 Å². The molecule has 0 N–H and O–H groups in total. The van der Waals surface area contributed by atoms with E-state index in [0.29, 0.717) is 6.42 Å². The van der Waals surface area contributed by atoms with E-state index in [1.807, 2.05) is 35.0 Å². The minimum Gasteiger partial charge on any atom is -0.490 e. The Labute approximate surface area is 148 Å². The van der Waals surface area contributed by atoms with Crippen LogP contribution in [0.2, 0.25) is 0 Å². The van der Waals surface area contributed by atoms with Crippen LogP contribution < -0.4 is 4.74 Å². The first-order valence-corrected chi connectivity index (χ1v) is 9.29. The van der Waals surface area contributed by atoms with Crippen LogP contribution in [0.5, 0.6) is 5.75 Å². The number of amides is 2. The highest BCUT2D eigenvalue weighted by Crippen LogP contribution is 2.40. The van der Waals surface area contributed by atoms with Crippen molar-refractivity contribution in [2.75, 3.05) is 26.7 Å². The van der Waals surface area contributed by atoms with Gasteiger partial charge < -0.3 is 14.5 Å². The molecule has 134 valence electrons. The van der Waals surface area contributed by atoms with Gasteiger partial charge in [-0.2, -0.15) is 0 Å². The first-order valence-electron chi connectivity index (χ1n) is 9.29. The minimum atomic E-state index is 0.123. The van der Waals surface area contributed by atoms with E-state index in [4.69, 9.17) is 4.74 Å². The molecule has 2 amide bonds.